The summed E-state index contributed by atoms with van der Waals surface area (Å²) >= 11 is 0. The van der Waals surface area contributed by atoms with Crippen LogP contribution in [0.3, 0.4) is 0 Å². The molecule has 0 radical (unpaired) electrons. The van der Waals surface area contributed by atoms with E-state index < -0.39 is 5.79 Å². The second-order valence-electron chi connectivity index (χ2n) is 7.19. The predicted octanol–water partition coefficient (Wildman–Crippen LogP) is 3.35. The molecular formula is C18H35NO4. The molecule has 0 bridgehead atoms. The molecule has 23 heavy (non-hydrogen) atoms. The molecule has 2 aliphatic rings. The van der Waals surface area contributed by atoms with Crippen LogP contribution >= 0.6 is 0 Å². The maximum absolute atomic E-state index is 5.92. The van der Waals surface area contributed by atoms with Crippen molar-refractivity contribution in [2.24, 2.45) is 5.73 Å². The molecule has 0 aromatic carbocycles. The van der Waals surface area contributed by atoms with E-state index in [0.717, 1.165) is 6.42 Å². The summed E-state index contributed by atoms with van der Waals surface area (Å²) in [5.74, 6) is -0.577. The molecule has 5 heteroatoms. The number of unbranched alkanes of at least 4 members (excludes halogenated alkanes) is 7. The number of fused-ring (bicyclic) bond motifs is 1. The lowest BCUT2D eigenvalue weighted by atomic mass is 10.1. The van der Waals surface area contributed by atoms with Crippen LogP contribution in [0.15, 0.2) is 0 Å². The molecule has 2 aliphatic heterocycles. The topological polar surface area (TPSA) is 62.9 Å². The van der Waals surface area contributed by atoms with Crippen molar-refractivity contribution in [1.29, 1.82) is 0 Å². The van der Waals surface area contributed by atoms with Gasteiger partial charge in [0.1, 0.15) is 18.3 Å². The third-order valence-electron chi connectivity index (χ3n) is 4.62. The zero-order chi connectivity index (χ0) is 16.7. The van der Waals surface area contributed by atoms with Crippen LogP contribution in [0.4, 0.5) is 0 Å². The number of rotatable bonds is 11. The Morgan fingerprint density at radius 3 is 2.17 bits per heavy atom. The minimum atomic E-state index is -0.577. The summed E-state index contributed by atoms with van der Waals surface area (Å²) in [4.78, 5) is 0. The number of ether oxygens (including phenoxy) is 4. The van der Waals surface area contributed by atoms with Gasteiger partial charge in [-0.05, 0) is 20.3 Å². The highest BCUT2D eigenvalue weighted by molar-refractivity contribution is 4.95. The minimum absolute atomic E-state index is 0.112. The van der Waals surface area contributed by atoms with Crippen molar-refractivity contribution >= 4 is 0 Å². The fourth-order valence-electron chi connectivity index (χ4n) is 3.40. The third-order valence-corrected chi connectivity index (χ3v) is 4.62. The molecule has 2 heterocycles. The van der Waals surface area contributed by atoms with E-state index in [2.05, 4.69) is 6.92 Å². The maximum Gasteiger partial charge on any atom is 0.187 e. The average molecular weight is 329 g/mol. The summed E-state index contributed by atoms with van der Waals surface area (Å²) in [6.07, 6.45) is 9.58. The standard InChI is InChI=1S/C18H35NO4/c1-4-5-6-7-8-9-10-11-12-20-17-16-15(14(13-19)21-17)22-18(2,3)23-16/h14-17H,4-13,19H2,1-3H3/t14-,15+,16+,17+/m1/s1. The zero-order valence-corrected chi connectivity index (χ0v) is 15.1. The van der Waals surface area contributed by atoms with Crippen LogP contribution in [0, 0.1) is 0 Å². The predicted molar refractivity (Wildman–Crippen MR) is 90.1 cm³/mol. The summed E-state index contributed by atoms with van der Waals surface area (Å²) in [6.45, 7) is 7.24. The van der Waals surface area contributed by atoms with Crippen LogP contribution in [-0.4, -0.2) is 43.5 Å². The van der Waals surface area contributed by atoms with Gasteiger partial charge in [0, 0.05) is 13.2 Å². The Balaban J connectivity index is 1.59. The largest absolute Gasteiger partial charge is 0.350 e. The molecule has 0 aromatic rings. The smallest absolute Gasteiger partial charge is 0.187 e. The quantitative estimate of drug-likeness (QED) is 0.589. The van der Waals surface area contributed by atoms with E-state index in [0.29, 0.717) is 13.2 Å². The second kappa shape index (κ2) is 9.33. The molecule has 2 N–H and O–H groups in total. The van der Waals surface area contributed by atoms with Crippen LogP contribution in [0.2, 0.25) is 0 Å². The lowest BCUT2D eigenvalue weighted by molar-refractivity contribution is -0.232. The van der Waals surface area contributed by atoms with E-state index in [1.165, 1.54) is 44.9 Å². The number of hydrogen-bond acceptors (Lipinski definition) is 5. The fraction of sp³-hybridized carbons (Fsp3) is 1.00. The van der Waals surface area contributed by atoms with Gasteiger partial charge in [0.05, 0.1) is 0 Å². The van der Waals surface area contributed by atoms with Gasteiger partial charge >= 0.3 is 0 Å². The van der Waals surface area contributed by atoms with Crippen LogP contribution in [0.5, 0.6) is 0 Å². The first-order valence-corrected chi connectivity index (χ1v) is 9.40. The Morgan fingerprint density at radius 1 is 0.913 bits per heavy atom. The highest BCUT2D eigenvalue weighted by Crippen LogP contribution is 2.38. The molecule has 0 saturated carbocycles. The van der Waals surface area contributed by atoms with Crippen molar-refractivity contribution in [1.82, 2.24) is 0 Å². The molecule has 2 saturated heterocycles. The van der Waals surface area contributed by atoms with Crippen molar-refractivity contribution in [3.8, 4) is 0 Å². The van der Waals surface area contributed by atoms with Gasteiger partial charge in [0.25, 0.3) is 0 Å². The van der Waals surface area contributed by atoms with Gasteiger partial charge < -0.3 is 24.7 Å². The summed E-state index contributed by atoms with van der Waals surface area (Å²) < 4.78 is 23.6. The van der Waals surface area contributed by atoms with Crippen molar-refractivity contribution in [2.45, 2.75) is 103 Å². The Bertz CT molecular complexity index is 337. The van der Waals surface area contributed by atoms with E-state index >= 15 is 0 Å². The molecule has 0 amide bonds. The van der Waals surface area contributed by atoms with Crippen molar-refractivity contribution < 1.29 is 18.9 Å². The van der Waals surface area contributed by atoms with Crippen LogP contribution in [0.1, 0.15) is 72.1 Å². The van der Waals surface area contributed by atoms with Gasteiger partial charge in [-0.15, -0.1) is 0 Å². The van der Waals surface area contributed by atoms with E-state index in [9.17, 15) is 0 Å². The molecule has 4 atom stereocenters. The van der Waals surface area contributed by atoms with Crippen molar-refractivity contribution in [3.05, 3.63) is 0 Å². The van der Waals surface area contributed by atoms with Gasteiger partial charge in [-0.3, -0.25) is 0 Å². The van der Waals surface area contributed by atoms with Crippen LogP contribution in [0.25, 0.3) is 0 Å². The summed E-state index contributed by atoms with van der Waals surface area (Å²) in [5, 5.41) is 0. The molecule has 0 aromatic heterocycles. The lowest BCUT2D eigenvalue weighted by Crippen LogP contribution is -2.34. The van der Waals surface area contributed by atoms with E-state index in [1.807, 2.05) is 13.8 Å². The third kappa shape index (κ3) is 5.68. The molecule has 5 nitrogen and oxygen atoms in total. The Labute approximate surface area is 141 Å². The van der Waals surface area contributed by atoms with Gasteiger partial charge in [0.2, 0.25) is 0 Å². The number of hydrogen-bond donors (Lipinski definition) is 1. The van der Waals surface area contributed by atoms with Gasteiger partial charge in [0.15, 0.2) is 12.1 Å². The monoisotopic (exact) mass is 329 g/mol. The van der Waals surface area contributed by atoms with Crippen LogP contribution < -0.4 is 5.73 Å². The number of nitrogens with two attached hydrogens (primary N) is 1. The Kier molecular flexibility index (Phi) is 7.76. The van der Waals surface area contributed by atoms with Crippen molar-refractivity contribution in [3.63, 3.8) is 0 Å². The Hall–Kier alpha value is -0.200. The Morgan fingerprint density at radius 2 is 1.52 bits per heavy atom. The normalized spacial score (nSPS) is 32.3. The second-order valence-corrected chi connectivity index (χ2v) is 7.19. The van der Waals surface area contributed by atoms with Gasteiger partial charge in [-0.2, -0.15) is 0 Å². The SMILES string of the molecule is CCCCCCCCCCO[C@H]1O[C@H](CN)[C@@H]2OC(C)(C)O[C@H]12. The van der Waals surface area contributed by atoms with Crippen LogP contribution in [-0.2, 0) is 18.9 Å². The van der Waals surface area contributed by atoms with Crippen molar-refractivity contribution in [2.75, 3.05) is 13.2 Å². The molecule has 2 fully saturated rings. The average Bonchev–Trinajstić information content (AvgIpc) is 2.99. The summed E-state index contributed by atoms with van der Waals surface area (Å²) in [7, 11) is 0. The maximum atomic E-state index is 5.92. The molecule has 0 spiro atoms. The molecule has 136 valence electrons. The van der Waals surface area contributed by atoms with Gasteiger partial charge in [-0.1, -0.05) is 51.9 Å². The first kappa shape index (κ1) is 19.1. The highest BCUT2D eigenvalue weighted by Gasteiger charge is 2.55. The lowest BCUT2D eigenvalue weighted by Gasteiger charge is -2.23. The van der Waals surface area contributed by atoms with E-state index in [4.69, 9.17) is 24.7 Å². The summed E-state index contributed by atoms with van der Waals surface area (Å²) in [6, 6.07) is 0. The summed E-state index contributed by atoms with van der Waals surface area (Å²) in [5.41, 5.74) is 5.77. The molecule has 0 aliphatic carbocycles. The molecule has 0 unspecified atom stereocenters. The fourth-order valence-corrected chi connectivity index (χ4v) is 3.40. The van der Waals surface area contributed by atoms with Gasteiger partial charge in [-0.25, -0.2) is 0 Å². The minimum Gasteiger partial charge on any atom is -0.350 e. The molecule has 2 rings (SSSR count). The first-order chi connectivity index (χ1) is 11.1. The highest BCUT2D eigenvalue weighted by atomic mass is 16.8. The first-order valence-electron chi connectivity index (χ1n) is 9.40. The van der Waals surface area contributed by atoms with E-state index in [-0.39, 0.29) is 24.6 Å². The zero-order valence-electron chi connectivity index (χ0n) is 15.1. The molecular weight excluding hydrogens is 294 g/mol. The van der Waals surface area contributed by atoms with E-state index in [1.54, 1.807) is 0 Å².